The van der Waals surface area contributed by atoms with Crippen LogP contribution in [0, 0.1) is 0 Å². The zero-order valence-electron chi connectivity index (χ0n) is 34.8. The summed E-state index contributed by atoms with van der Waals surface area (Å²) in [5.41, 5.74) is 17.6. The van der Waals surface area contributed by atoms with Crippen molar-refractivity contribution < 1.29 is 0 Å². The highest BCUT2D eigenvalue weighted by molar-refractivity contribution is 5.98. The Kier molecular flexibility index (Phi) is 11.1. The number of hydrogen-bond donors (Lipinski definition) is 0. The van der Waals surface area contributed by atoms with Crippen molar-refractivity contribution in [1.82, 2.24) is 0 Å². The second kappa shape index (κ2) is 17.9. The van der Waals surface area contributed by atoms with Gasteiger partial charge in [-0.3, -0.25) is 0 Å². The van der Waals surface area contributed by atoms with Gasteiger partial charge in [0.25, 0.3) is 0 Å². The van der Waals surface area contributed by atoms with Crippen molar-refractivity contribution in [1.29, 1.82) is 0 Å². The lowest BCUT2D eigenvalue weighted by atomic mass is 9.92. The first-order chi connectivity index (χ1) is 30.8. The molecule has 0 saturated heterocycles. The molecule has 1 atom stereocenters. The largest absolute Gasteiger partial charge is 0.310 e. The summed E-state index contributed by atoms with van der Waals surface area (Å²) in [4.78, 5) is 4.87. The molecule has 2 heteroatoms. The third kappa shape index (κ3) is 7.99. The smallest absolute Gasteiger partial charge is 0.0541 e. The summed E-state index contributed by atoms with van der Waals surface area (Å²) in [5, 5.41) is 0. The molecule has 8 aromatic carbocycles. The van der Waals surface area contributed by atoms with Crippen LogP contribution in [0.15, 0.2) is 249 Å². The summed E-state index contributed by atoms with van der Waals surface area (Å²) in [6, 6.07) is 75.3. The predicted octanol–water partition coefficient (Wildman–Crippen LogP) is 17.0. The van der Waals surface area contributed by atoms with E-state index in [1.54, 1.807) is 0 Å². The van der Waals surface area contributed by atoms with E-state index in [2.05, 4.69) is 259 Å². The van der Waals surface area contributed by atoms with Crippen LogP contribution < -0.4 is 9.80 Å². The third-order valence-corrected chi connectivity index (χ3v) is 12.1. The molecule has 0 saturated carbocycles. The molecule has 0 amide bonds. The molecule has 298 valence electrons. The Morgan fingerprint density at radius 2 is 0.903 bits per heavy atom. The fourth-order valence-corrected chi connectivity index (χ4v) is 8.96. The van der Waals surface area contributed by atoms with Crippen molar-refractivity contribution in [2.45, 2.75) is 25.2 Å². The molecule has 0 N–H and O–H groups in total. The Bertz CT molecular complexity index is 2900. The van der Waals surface area contributed by atoms with Gasteiger partial charge >= 0.3 is 0 Å². The van der Waals surface area contributed by atoms with Crippen LogP contribution >= 0.6 is 0 Å². The zero-order valence-corrected chi connectivity index (χ0v) is 34.8. The quantitative estimate of drug-likeness (QED) is 0.129. The molecule has 2 aliphatic rings. The van der Waals surface area contributed by atoms with E-state index >= 15 is 0 Å². The van der Waals surface area contributed by atoms with E-state index in [9.17, 15) is 0 Å². The molecule has 1 unspecified atom stereocenters. The number of anilines is 6. The summed E-state index contributed by atoms with van der Waals surface area (Å²) in [7, 11) is 0. The highest BCUT2D eigenvalue weighted by Gasteiger charge is 2.24. The van der Waals surface area contributed by atoms with Gasteiger partial charge in [-0.2, -0.15) is 0 Å². The van der Waals surface area contributed by atoms with Crippen LogP contribution in [0.5, 0.6) is 0 Å². The number of allylic oxidation sites excluding steroid dienone is 8. The van der Waals surface area contributed by atoms with E-state index in [1.165, 1.54) is 39.0 Å². The molecular weight excluding hydrogens is 749 g/mol. The van der Waals surface area contributed by atoms with E-state index < -0.39 is 0 Å². The van der Waals surface area contributed by atoms with E-state index in [0.29, 0.717) is 5.92 Å². The van der Waals surface area contributed by atoms with E-state index in [-0.39, 0.29) is 0 Å². The summed E-state index contributed by atoms with van der Waals surface area (Å²) in [6.07, 6.45) is 18.7. The summed E-state index contributed by atoms with van der Waals surface area (Å²) in [5.74, 6) is 0.377. The molecule has 0 bridgehead atoms. The van der Waals surface area contributed by atoms with Gasteiger partial charge in [0.2, 0.25) is 0 Å². The van der Waals surface area contributed by atoms with Crippen LogP contribution in [-0.4, -0.2) is 0 Å². The van der Waals surface area contributed by atoms with Crippen molar-refractivity contribution in [3.05, 3.63) is 260 Å². The molecular formula is C60H48N2. The van der Waals surface area contributed by atoms with Crippen LogP contribution in [0.3, 0.4) is 0 Å². The fourth-order valence-electron chi connectivity index (χ4n) is 8.96. The summed E-state index contributed by atoms with van der Waals surface area (Å²) in [6.45, 7) is 0. The van der Waals surface area contributed by atoms with Gasteiger partial charge in [-0.25, -0.2) is 0 Å². The Morgan fingerprint density at radius 1 is 0.371 bits per heavy atom. The lowest BCUT2D eigenvalue weighted by Gasteiger charge is -2.32. The first-order valence-corrected chi connectivity index (χ1v) is 21.8. The second-order valence-electron chi connectivity index (χ2n) is 16.0. The maximum absolute atomic E-state index is 2.45. The highest BCUT2D eigenvalue weighted by atomic mass is 15.2. The predicted molar refractivity (Wildman–Crippen MR) is 264 cm³/mol. The maximum Gasteiger partial charge on any atom is 0.0541 e. The van der Waals surface area contributed by atoms with Crippen LogP contribution in [0.1, 0.15) is 36.3 Å². The molecule has 0 aromatic heterocycles. The summed E-state index contributed by atoms with van der Waals surface area (Å²) >= 11 is 0. The van der Waals surface area contributed by atoms with Crippen LogP contribution in [0.4, 0.5) is 34.1 Å². The average molecular weight is 797 g/mol. The fraction of sp³-hybridized carbons (Fsp3) is 0.0667. The molecule has 10 rings (SSSR count). The van der Waals surface area contributed by atoms with E-state index in [4.69, 9.17) is 0 Å². The monoisotopic (exact) mass is 796 g/mol. The number of rotatable bonds is 11. The second-order valence-corrected chi connectivity index (χ2v) is 16.0. The molecule has 0 heterocycles. The minimum Gasteiger partial charge on any atom is -0.310 e. The van der Waals surface area contributed by atoms with Gasteiger partial charge in [-0.15, -0.1) is 0 Å². The third-order valence-electron chi connectivity index (χ3n) is 12.1. The number of nitrogens with zero attached hydrogens (tertiary/aromatic N) is 2. The normalized spacial score (nSPS) is 14.3. The van der Waals surface area contributed by atoms with Crippen LogP contribution in [-0.2, 0) is 0 Å². The topological polar surface area (TPSA) is 6.48 Å². The first kappa shape index (κ1) is 38.5. The number of hydrogen-bond acceptors (Lipinski definition) is 2. The lowest BCUT2D eigenvalue weighted by Crippen LogP contribution is -2.14. The van der Waals surface area contributed by atoms with Gasteiger partial charge in [-0.1, -0.05) is 188 Å². The standard InChI is InChI=1S/C60H48N2/c1-6-20-45(21-7-1)48-34-39-53(40-35-48)61(54-41-36-49(37-42-54)46-22-8-2-9-23-46)58-32-18-16-30-55(58)56-31-17-19-33-59(56)62(52-28-14-5-15-29-52)60-43-38-51(47-24-10-3-11-25-47)44-57(60)50-26-12-4-13-27-50/h1-10,12-22,24,26-44,46H,11,23,25H2. The molecule has 62 heavy (non-hydrogen) atoms. The number of para-hydroxylation sites is 3. The summed E-state index contributed by atoms with van der Waals surface area (Å²) < 4.78 is 0. The van der Waals surface area contributed by atoms with Gasteiger partial charge in [0.05, 0.1) is 17.1 Å². The Labute approximate surface area is 366 Å². The Morgan fingerprint density at radius 3 is 1.53 bits per heavy atom. The molecule has 2 nitrogen and oxygen atoms in total. The van der Waals surface area contributed by atoms with Gasteiger partial charge in [-0.05, 0) is 113 Å². The van der Waals surface area contributed by atoms with Crippen molar-refractivity contribution in [3.8, 4) is 33.4 Å². The minimum absolute atomic E-state index is 0.377. The van der Waals surface area contributed by atoms with Gasteiger partial charge < -0.3 is 9.80 Å². The molecule has 0 radical (unpaired) electrons. The molecule has 0 fully saturated rings. The van der Waals surface area contributed by atoms with Crippen LogP contribution in [0.2, 0.25) is 0 Å². The molecule has 8 aromatic rings. The average Bonchev–Trinajstić information content (AvgIpc) is 3.36. The van der Waals surface area contributed by atoms with Crippen molar-refractivity contribution in [2.75, 3.05) is 9.80 Å². The lowest BCUT2D eigenvalue weighted by molar-refractivity contribution is 0.854. The molecule has 0 spiro atoms. The van der Waals surface area contributed by atoms with Gasteiger partial charge in [0.15, 0.2) is 0 Å². The maximum atomic E-state index is 2.45. The van der Waals surface area contributed by atoms with Crippen molar-refractivity contribution in [3.63, 3.8) is 0 Å². The minimum atomic E-state index is 0.377. The first-order valence-electron chi connectivity index (χ1n) is 21.8. The van der Waals surface area contributed by atoms with E-state index in [1.807, 2.05) is 0 Å². The van der Waals surface area contributed by atoms with Crippen molar-refractivity contribution >= 4 is 39.7 Å². The zero-order chi connectivity index (χ0) is 41.5. The van der Waals surface area contributed by atoms with Crippen molar-refractivity contribution in [2.24, 2.45) is 0 Å². The molecule has 0 aliphatic heterocycles. The highest BCUT2D eigenvalue weighted by Crippen LogP contribution is 2.49. The SMILES string of the molecule is C1=CCCC(c2ccc(N(c3ccccc3)c3ccccc3-c3ccccc3N(c3ccc(-c4ccccc4)cc3)c3ccc(C4C=CC=CC4)cc3)c(-c3ccccc3)c2)=C1. The van der Waals surface area contributed by atoms with E-state index in [0.717, 1.165) is 64.5 Å². The van der Waals surface area contributed by atoms with Gasteiger partial charge in [0, 0.05) is 39.7 Å². The molecule has 2 aliphatic carbocycles. The van der Waals surface area contributed by atoms with Crippen LogP contribution in [0.25, 0.3) is 39.0 Å². The number of benzene rings is 8. The Hall–Kier alpha value is -7.68. The Balaban J connectivity index is 1.14. The van der Waals surface area contributed by atoms with Gasteiger partial charge in [0.1, 0.15) is 0 Å².